The van der Waals surface area contributed by atoms with Crippen molar-refractivity contribution in [3.63, 3.8) is 0 Å². The Morgan fingerprint density at radius 2 is 2.08 bits per heavy atom. The molecule has 0 aliphatic rings. The van der Waals surface area contributed by atoms with Crippen LogP contribution in [0.2, 0.25) is 0 Å². The van der Waals surface area contributed by atoms with E-state index in [1.165, 1.54) is 6.07 Å². The predicted octanol–water partition coefficient (Wildman–Crippen LogP) is 2.66. The van der Waals surface area contributed by atoms with E-state index in [2.05, 4.69) is 17.6 Å². The normalized spacial score (nSPS) is 10.5. The number of rotatable bonds is 0. The van der Waals surface area contributed by atoms with Crippen LogP contribution in [0.1, 0.15) is 0 Å². The standard InChI is InChI=1S/C9H6FNS/c10-7-4-3-6-2-1-5-11-8(6)9(7)12/h1-5,12H. The van der Waals surface area contributed by atoms with Gasteiger partial charge < -0.3 is 0 Å². The van der Waals surface area contributed by atoms with Crippen molar-refractivity contribution >= 4 is 23.5 Å². The second-order valence-corrected chi connectivity index (χ2v) is 2.92. The molecule has 2 rings (SSSR count). The molecule has 0 unspecified atom stereocenters. The first-order chi connectivity index (χ1) is 5.79. The lowest BCUT2D eigenvalue weighted by atomic mass is 10.2. The Hall–Kier alpha value is -1.09. The topological polar surface area (TPSA) is 12.9 Å². The molecule has 1 aromatic heterocycles. The smallest absolute Gasteiger partial charge is 0.138 e. The fourth-order valence-electron chi connectivity index (χ4n) is 1.11. The zero-order chi connectivity index (χ0) is 8.55. The monoisotopic (exact) mass is 179 g/mol. The summed E-state index contributed by atoms with van der Waals surface area (Å²) in [6.45, 7) is 0. The lowest BCUT2D eigenvalue weighted by molar-refractivity contribution is 0.605. The molecule has 1 aromatic carbocycles. The fraction of sp³-hybridized carbons (Fsp3) is 0. The van der Waals surface area contributed by atoms with Crippen molar-refractivity contribution in [2.45, 2.75) is 4.90 Å². The highest BCUT2D eigenvalue weighted by Gasteiger charge is 2.02. The molecule has 0 aliphatic heterocycles. The van der Waals surface area contributed by atoms with E-state index >= 15 is 0 Å². The molecule has 1 nitrogen and oxygen atoms in total. The van der Waals surface area contributed by atoms with Crippen molar-refractivity contribution in [1.29, 1.82) is 0 Å². The Morgan fingerprint density at radius 3 is 2.92 bits per heavy atom. The van der Waals surface area contributed by atoms with E-state index in [1.54, 1.807) is 12.3 Å². The minimum absolute atomic E-state index is 0.313. The molecule has 0 bridgehead atoms. The molecular formula is C9H6FNS. The number of pyridine rings is 1. The average molecular weight is 179 g/mol. The molecule has 12 heavy (non-hydrogen) atoms. The third kappa shape index (κ3) is 1.06. The Morgan fingerprint density at radius 1 is 1.25 bits per heavy atom. The maximum atomic E-state index is 12.9. The molecule has 0 atom stereocenters. The van der Waals surface area contributed by atoms with Crippen LogP contribution in [0.3, 0.4) is 0 Å². The summed E-state index contributed by atoms with van der Waals surface area (Å²) in [5, 5.41) is 0.906. The third-order valence-electron chi connectivity index (χ3n) is 1.70. The first-order valence-electron chi connectivity index (χ1n) is 3.51. The summed E-state index contributed by atoms with van der Waals surface area (Å²) in [4.78, 5) is 4.34. The number of halogens is 1. The lowest BCUT2D eigenvalue weighted by Gasteiger charge is -1.99. The maximum Gasteiger partial charge on any atom is 0.138 e. The van der Waals surface area contributed by atoms with E-state index in [9.17, 15) is 4.39 Å². The number of benzene rings is 1. The van der Waals surface area contributed by atoms with Gasteiger partial charge in [0.05, 0.1) is 10.4 Å². The Kier molecular flexibility index (Phi) is 1.73. The van der Waals surface area contributed by atoms with Crippen LogP contribution in [0.25, 0.3) is 10.9 Å². The van der Waals surface area contributed by atoms with Crippen molar-refractivity contribution in [3.8, 4) is 0 Å². The molecule has 0 saturated heterocycles. The van der Waals surface area contributed by atoms with Gasteiger partial charge in [-0.25, -0.2) is 4.39 Å². The summed E-state index contributed by atoms with van der Waals surface area (Å²) in [5.41, 5.74) is 0.612. The summed E-state index contributed by atoms with van der Waals surface area (Å²) in [6.07, 6.45) is 1.63. The van der Waals surface area contributed by atoms with Gasteiger partial charge in [0, 0.05) is 11.6 Å². The highest BCUT2D eigenvalue weighted by Crippen LogP contribution is 2.21. The summed E-state index contributed by atoms with van der Waals surface area (Å²) >= 11 is 4.03. The van der Waals surface area contributed by atoms with Crippen molar-refractivity contribution < 1.29 is 4.39 Å². The van der Waals surface area contributed by atoms with Gasteiger partial charge in [0.2, 0.25) is 0 Å². The average Bonchev–Trinajstić information content (AvgIpc) is 2.12. The Labute approximate surface area is 74.7 Å². The molecule has 2 aromatic rings. The second kappa shape index (κ2) is 2.75. The first kappa shape index (κ1) is 7.55. The van der Waals surface area contributed by atoms with Gasteiger partial charge in [0.1, 0.15) is 5.82 Å². The highest BCUT2D eigenvalue weighted by atomic mass is 32.1. The van der Waals surface area contributed by atoms with E-state index in [4.69, 9.17) is 0 Å². The molecule has 0 aliphatic carbocycles. The second-order valence-electron chi connectivity index (χ2n) is 2.47. The van der Waals surface area contributed by atoms with Crippen molar-refractivity contribution in [3.05, 3.63) is 36.3 Å². The summed E-state index contributed by atoms with van der Waals surface area (Å²) in [7, 11) is 0. The lowest BCUT2D eigenvalue weighted by Crippen LogP contribution is -1.83. The number of aromatic nitrogens is 1. The minimum atomic E-state index is -0.329. The van der Waals surface area contributed by atoms with Gasteiger partial charge in [-0.05, 0) is 18.2 Å². The molecule has 60 valence electrons. The van der Waals surface area contributed by atoms with Crippen molar-refractivity contribution in [1.82, 2.24) is 4.98 Å². The SMILES string of the molecule is Fc1ccc2cccnc2c1S. The van der Waals surface area contributed by atoms with Crippen LogP contribution in [0.5, 0.6) is 0 Å². The molecular weight excluding hydrogens is 173 g/mol. The largest absolute Gasteiger partial charge is 0.255 e. The maximum absolute atomic E-state index is 12.9. The number of fused-ring (bicyclic) bond motifs is 1. The number of hydrogen-bond acceptors (Lipinski definition) is 2. The quantitative estimate of drug-likeness (QED) is 0.613. The van der Waals surface area contributed by atoms with Gasteiger partial charge in [-0.15, -0.1) is 12.6 Å². The van der Waals surface area contributed by atoms with Crippen LogP contribution < -0.4 is 0 Å². The van der Waals surface area contributed by atoms with Crippen LogP contribution in [-0.2, 0) is 0 Å². The van der Waals surface area contributed by atoms with E-state index in [1.807, 2.05) is 12.1 Å². The Bertz CT molecular complexity index is 428. The molecule has 0 spiro atoms. The Balaban J connectivity index is 2.91. The van der Waals surface area contributed by atoms with E-state index in [0.29, 0.717) is 10.4 Å². The van der Waals surface area contributed by atoms with Crippen LogP contribution in [-0.4, -0.2) is 4.98 Å². The van der Waals surface area contributed by atoms with Gasteiger partial charge in [-0.2, -0.15) is 0 Å². The van der Waals surface area contributed by atoms with Gasteiger partial charge in [0.25, 0.3) is 0 Å². The first-order valence-corrected chi connectivity index (χ1v) is 3.96. The van der Waals surface area contributed by atoms with Gasteiger partial charge in [-0.1, -0.05) is 6.07 Å². The summed E-state index contributed by atoms with van der Waals surface area (Å²) in [5.74, 6) is -0.329. The molecule has 1 heterocycles. The number of thiol groups is 1. The third-order valence-corrected chi connectivity index (χ3v) is 2.12. The molecule has 0 N–H and O–H groups in total. The van der Waals surface area contributed by atoms with E-state index < -0.39 is 0 Å². The van der Waals surface area contributed by atoms with Gasteiger partial charge in [-0.3, -0.25) is 4.98 Å². The molecule has 0 amide bonds. The van der Waals surface area contributed by atoms with E-state index in [-0.39, 0.29) is 5.82 Å². The van der Waals surface area contributed by atoms with Gasteiger partial charge in [0.15, 0.2) is 0 Å². The minimum Gasteiger partial charge on any atom is -0.255 e. The van der Waals surface area contributed by atoms with Crippen LogP contribution in [0.4, 0.5) is 4.39 Å². The van der Waals surface area contributed by atoms with Crippen LogP contribution >= 0.6 is 12.6 Å². The number of hydrogen-bond donors (Lipinski definition) is 1. The molecule has 0 fully saturated rings. The van der Waals surface area contributed by atoms with Crippen LogP contribution in [0.15, 0.2) is 35.4 Å². The highest BCUT2D eigenvalue weighted by molar-refractivity contribution is 7.80. The zero-order valence-electron chi connectivity index (χ0n) is 6.16. The van der Waals surface area contributed by atoms with Crippen LogP contribution in [0, 0.1) is 5.82 Å². The van der Waals surface area contributed by atoms with E-state index in [0.717, 1.165) is 5.39 Å². The fourth-order valence-corrected chi connectivity index (χ4v) is 1.37. The summed E-state index contributed by atoms with van der Waals surface area (Å²) in [6, 6.07) is 6.78. The molecule has 0 saturated carbocycles. The van der Waals surface area contributed by atoms with Crippen molar-refractivity contribution in [2.24, 2.45) is 0 Å². The molecule has 3 heteroatoms. The predicted molar refractivity (Wildman–Crippen MR) is 49.0 cm³/mol. The summed E-state index contributed by atoms with van der Waals surface area (Å²) < 4.78 is 12.9. The zero-order valence-corrected chi connectivity index (χ0v) is 7.05. The van der Waals surface area contributed by atoms with Crippen molar-refractivity contribution in [2.75, 3.05) is 0 Å². The molecule has 0 radical (unpaired) electrons. The van der Waals surface area contributed by atoms with Gasteiger partial charge >= 0.3 is 0 Å². The number of nitrogens with zero attached hydrogens (tertiary/aromatic N) is 1.